The molecule has 1 unspecified atom stereocenters. The van der Waals surface area contributed by atoms with Gasteiger partial charge in [0.2, 0.25) is 0 Å². The van der Waals surface area contributed by atoms with E-state index in [2.05, 4.69) is 75.7 Å². The van der Waals surface area contributed by atoms with Crippen molar-refractivity contribution in [3.8, 4) is 11.3 Å². The van der Waals surface area contributed by atoms with Gasteiger partial charge in [-0.05, 0) is 49.9 Å². The van der Waals surface area contributed by atoms with Crippen LogP contribution in [0.1, 0.15) is 44.1 Å². The molecule has 4 rings (SSSR count). The minimum atomic E-state index is 0. The highest BCUT2D eigenvalue weighted by atomic mass is 127. The number of nitrogens with zero attached hydrogens (tertiary/aromatic N) is 3. The summed E-state index contributed by atoms with van der Waals surface area (Å²) in [4.78, 5) is 15.1. The van der Waals surface area contributed by atoms with E-state index >= 15 is 0 Å². The van der Waals surface area contributed by atoms with E-state index in [1.165, 1.54) is 24.1 Å². The summed E-state index contributed by atoms with van der Waals surface area (Å²) >= 11 is 0. The largest absolute Gasteiger partial charge is 0.372 e. The Labute approximate surface area is 208 Å². The Hall–Kier alpha value is -2.55. The first-order chi connectivity index (χ1) is 15.2. The van der Waals surface area contributed by atoms with Crippen LogP contribution in [0.3, 0.4) is 0 Å². The topological polar surface area (TPSA) is 68.3 Å². The van der Waals surface area contributed by atoms with Gasteiger partial charge in [-0.1, -0.05) is 42.5 Å². The minimum absolute atomic E-state index is 0. The van der Waals surface area contributed by atoms with Gasteiger partial charge in [-0.2, -0.15) is 0 Å². The molecule has 0 saturated carbocycles. The lowest BCUT2D eigenvalue weighted by Crippen LogP contribution is -2.38. The van der Waals surface area contributed by atoms with Gasteiger partial charge in [-0.15, -0.1) is 24.0 Å². The van der Waals surface area contributed by atoms with Crippen molar-refractivity contribution in [2.75, 3.05) is 24.5 Å². The quantitative estimate of drug-likeness (QED) is 0.220. The van der Waals surface area contributed by atoms with Gasteiger partial charge in [-0.3, -0.25) is 0 Å². The number of halogens is 1. The lowest BCUT2D eigenvalue weighted by atomic mass is 10.1. The molecule has 0 amide bonds. The van der Waals surface area contributed by atoms with Gasteiger partial charge >= 0.3 is 0 Å². The maximum absolute atomic E-state index is 4.75. The van der Waals surface area contributed by atoms with Gasteiger partial charge in [0.15, 0.2) is 5.96 Å². The fraction of sp³-hybridized carbons (Fsp3) is 0.360. The van der Waals surface area contributed by atoms with Gasteiger partial charge in [-0.25, -0.2) is 9.98 Å². The van der Waals surface area contributed by atoms with Crippen molar-refractivity contribution in [1.82, 2.24) is 20.6 Å². The molecule has 3 N–H and O–H groups in total. The van der Waals surface area contributed by atoms with Crippen LogP contribution in [-0.4, -0.2) is 35.6 Å². The van der Waals surface area contributed by atoms with E-state index in [-0.39, 0.29) is 30.0 Å². The van der Waals surface area contributed by atoms with E-state index in [0.29, 0.717) is 6.54 Å². The van der Waals surface area contributed by atoms with Crippen LogP contribution in [0.5, 0.6) is 0 Å². The minimum Gasteiger partial charge on any atom is -0.372 e. The van der Waals surface area contributed by atoms with Crippen molar-refractivity contribution in [1.29, 1.82) is 0 Å². The number of imidazole rings is 1. The third kappa shape index (κ3) is 6.25. The zero-order valence-electron chi connectivity index (χ0n) is 18.8. The van der Waals surface area contributed by atoms with Gasteiger partial charge in [0.1, 0.15) is 12.4 Å². The highest BCUT2D eigenvalue weighted by Gasteiger charge is 2.14. The number of benzene rings is 2. The number of hydrogen-bond donors (Lipinski definition) is 3. The highest BCUT2D eigenvalue weighted by Crippen LogP contribution is 2.24. The second-order valence-corrected chi connectivity index (χ2v) is 7.96. The first kappa shape index (κ1) is 24.1. The van der Waals surface area contributed by atoms with Crippen molar-refractivity contribution < 1.29 is 0 Å². The van der Waals surface area contributed by atoms with Gasteiger partial charge in [0, 0.05) is 25.3 Å². The van der Waals surface area contributed by atoms with Gasteiger partial charge in [0.25, 0.3) is 0 Å². The molecule has 1 saturated heterocycles. The standard InChI is InChI=1S/C25H32N6.HI/c1-3-26-25(28-18-24-27-17-23(30-24)20-10-5-4-6-11-20)29-19(2)21-12-9-13-22(16-21)31-14-7-8-15-31;/h4-6,9-13,16-17,19H,3,7-8,14-15,18H2,1-2H3,(H,27,30)(H2,26,28,29);1H. The lowest BCUT2D eigenvalue weighted by Gasteiger charge is -2.22. The molecular formula is C25H33IN6. The Kier molecular flexibility index (Phi) is 8.96. The molecular weight excluding hydrogens is 511 g/mol. The number of anilines is 1. The number of hydrogen-bond acceptors (Lipinski definition) is 3. The summed E-state index contributed by atoms with van der Waals surface area (Å²) in [6, 6.07) is 19.2. The van der Waals surface area contributed by atoms with Crippen molar-refractivity contribution in [2.24, 2.45) is 4.99 Å². The highest BCUT2D eigenvalue weighted by molar-refractivity contribution is 14.0. The predicted octanol–water partition coefficient (Wildman–Crippen LogP) is 5.11. The molecule has 0 radical (unpaired) electrons. The Bertz CT molecular complexity index is 994. The van der Waals surface area contributed by atoms with E-state index in [9.17, 15) is 0 Å². The molecule has 32 heavy (non-hydrogen) atoms. The summed E-state index contributed by atoms with van der Waals surface area (Å²) in [6.45, 7) is 7.86. The third-order valence-electron chi connectivity index (χ3n) is 5.64. The van der Waals surface area contributed by atoms with Crippen LogP contribution in [0.25, 0.3) is 11.3 Å². The maximum atomic E-state index is 4.75. The monoisotopic (exact) mass is 544 g/mol. The molecule has 2 heterocycles. The molecule has 1 atom stereocenters. The summed E-state index contributed by atoms with van der Waals surface area (Å²) < 4.78 is 0. The molecule has 3 aromatic rings. The molecule has 7 heteroatoms. The lowest BCUT2D eigenvalue weighted by molar-refractivity contribution is 0.684. The zero-order chi connectivity index (χ0) is 21.5. The zero-order valence-corrected chi connectivity index (χ0v) is 21.2. The molecule has 0 spiro atoms. The average Bonchev–Trinajstić information content (AvgIpc) is 3.51. The van der Waals surface area contributed by atoms with Crippen LogP contribution >= 0.6 is 24.0 Å². The van der Waals surface area contributed by atoms with E-state index in [1.807, 2.05) is 24.4 Å². The fourth-order valence-corrected chi connectivity index (χ4v) is 3.94. The van der Waals surface area contributed by atoms with Crippen LogP contribution < -0.4 is 15.5 Å². The Balaban J connectivity index is 0.00000289. The number of nitrogens with one attached hydrogen (secondary N) is 3. The summed E-state index contributed by atoms with van der Waals surface area (Å²) in [5.74, 6) is 1.64. The third-order valence-corrected chi connectivity index (χ3v) is 5.64. The first-order valence-electron chi connectivity index (χ1n) is 11.2. The maximum Gasteiger partial charge on any atom is 0.192 e. The van der Waals surface area contributed by atoms with E-state index in [1.54, 1.807) is 0 Å². The first-order valence-corrected chi connectivity index (χ1v) is 11.2. The van der Waals surface area contributed by atoms with Gasteiger partial charge in [0.05, 0.1) is 17.9 Å². The molecule has 1 fully saturated rings. The fourth-order valence-electron chi connectivity index (χ4n) is 3.94. The number of aromatic nitrogens is 2. The summed E-state index contributed by atoms with van der Waals surface area (Å²) in [5.41, 5.74) is 4.71. The molecule has 1 aromatic heterocycles. The number of H-pyrrole nitrogens is 1. The van der Waals surface area contributed by atoms with E-state index < -0.39 is 0 Å². The number of aliphatic imine (C=N–C) groups is 1. The second-order valence-electron chi connectivity index (χ2n) is 7.96. The van der Waals surface area contributed by atoms with Gasteiger partial charge < -0.3 is 20.5 Å². The van der Waals surface area contributed by atoms with Crippen molar-refractivity contribution in [3.05, 3.63) is 72.2 Å². The normalized spacial score (nSPS) is 14.7. The van der Waals surface area contributed by atoms with Crippen molar-refractivity contribution in [2.45, 2.75) is 39.3 Å². The number of guanidine groups is 1. The Morgan fingerprint density at radius 1 is 1.12 bits per heavy atom. The van der Waals surface area contributed by atoms with Crippen LogP contribution in [0.4, 0.5) is 5.69 Å². The molecule has 0 bridgehead atoms. The summed E-state index contributed by atoms with van der Waals surface area (Å²) in [7, 11) is 0. The summed E-state index contributed by atoms with van der Waals surface area (Å²) in [5, 5.41) is 6.89. The van der Waals surface area contributed by atoms with Crippen LogP contribution in [-0.2, 0) is 6.54 Å². The van der Waals surface area contributed by atoms with Crippen LogP contribution in [0, 0.1) is 0 Å². The van der Waals surface area contributed by atoms with Crippen molar-refractivity contribution in [3.63, 3.8) is 0 Å². The average molecular weight is 544 g/mol. The molecule has 0 aliphatic carbocycles. The molecule has 6 nitrogen and oxygen atoms in total. The Morgan fingerprint density at radius 2 is 1.91 bits per heavy atom. The van der Waals surface area contributed by atoms with Crippen LogP contribution in [0.2, 0.25) is 0 Å². The van der Waals surface area contributed by atoms with E-state index in [0.717, 1.165) is 42.7 Å². The van der Waals surface area contributed by atoms with E-state index in [4.69, 9.17) is 4.99 Å². The molecule has 1 aliphatic heterocycles. The van der Waals surface area contributed by atoms with Crippen molar-refractivity contribution >= 4 is 35.6 Å². The smallest absolute Gasteiger partial charge is 0.192 e. The Morgan fingerprint density at radius 3 is 2.66 bits per heavy atom. The second kappa shape index (κ2) is 11.9. The number of rotatable bonds is 7. The molecule has 2 aromatic carbocycles. The predicted molar refractivity (Wildman–Crippen MR) is 144 cm³/mol. The molecule has 1 aliphatic rings. The summed E-state index contributed by atoms with van der Waals surface area (Å²) in [6.07, 6.45) is 4.44. The van der Waals surface area contributed by atoms with Crippen LogP contribution in [0.15, 0.2) is 65.8 Å². The molecule has 170 valence electrons. The number of aromatic amines is 1. The SMILES string of the molecule is CCNC(=NCc1ncc(-c2ccccc2)[nH]1)NC(C)c1cccc(N2CCCC2)c1.I.